The zero-order valence-corrected chi connectivity index (χ0v) is 17.9. The summed E-state index contributed by atoms with van der Waals surface area (Å²) in [5.41, 5.74) is 3.26. The van der Waals surface area contributed by atoms with Gasteiger partial charge in [-0.1, -0.05) is 41.5 Å². The van der Waals surface area contributed by atoms with Crippen molar-refractivity contribution in [3.63, 3.8) is 0 Å². The third-order valence-corrected chi connectivity index (χ3v) is 4.64. The van der Waals surface area contributed by atoms with Gasteiger partial charge in [0.15, 0.2) is 0 Å². The summed E-state index contributed by atoms with van der Waals surface area (Å²) >= 11 is 0. The zero-order valence-electron chi connectivity index (χ0n) is 17.9. The van der Waals surface area contributed by atoms with Crippen LogP contribution in [0.15, 0.2) is 12.1 Å². The van der Waals surface area contributed by atoms with Gasteiger partial charge in [0.1, 0.15) is 0 Å². The highest BCUT2D eigenvalue weighted by Gasteiger charge is 2.29. The first-order valence-corrected chi connectivity index (χ1v) is 9.35. The molecule has 0 atom stereocenters. The zero-order chi connectivity index (χ0) is 18.7. The van der Waals surface area contributed by atoms with Crippen molar-refractivity contribution in [3.8, 4) is 0 Å². The average Bonchev–Trinajstić information content (AvgIpc) is 2.82. The van der Waals surface area contributed by atoms with E-state index >= 15 is 0 Å². The van der Waals surface area contributed by atoms with E-state index in [0.717, 1.165) is 13.1 Å². The van der Waals surface area contributed by atoms with Crippen LogP contribution in [-0.2, 0) is 10.8 Å². The van der Waals surface area contributed by atoms with Gasteiger partial charge < -0.3 is 14.4 Å². The molecule has 1 aromatic heterocycles. The molecule has 0 amide bonds. The molecule has 0 spiro atoms. The second kappa shape index (κ2) is 8.05. The van der Waals surface area contributed by atoms with E-state index in [4.69, 9.17) is 0 Å². The standard InChI is InChI=1S/C21H41N3/c1-20(2,3)18-11-12-19(21(4,5)6)24(18)17(13-15-22(7)8)14-16-23(9)10/h11-12,17H,13-16H2,1-10H3. The van der Waals surface area contributed by atoms with Gasteiger partial charge in [0.2, 0.25) is 0 Å². The van der Waals surface area contributed by atoms with Crippen molar-refractivity contribution in [2.45, 2.75) is 71.3 Å². The second-order valence-corrected chi connectivity index (χ2v) is 9.81. The third kappa shape index (κ3) is 5.93. The van der Waals surface area contributed by atoms with E-state index in [1.54, 1.807) is 0 Å². The van der Waals surface area contributed by atoms with Crippen molar-refractivity contribution in [1.82, 2.24) is 14.4 Å². The Bertz CT molecular complexity index is 455. The quantitative estimate of drug-likeness (QED) is 0.725. The molecule has 0 fully saturated rings. The van der Waals surface area contributed by atoms with Crippen LogP contribution in [0.2, 0.25) is 0 Å². The van der Waals surface area contributed by atoms with Gasteiger partial charge in [0.25, 0.3) is 0 Å². The molecule has 3 nitrogen and oxygen atoms in total. The minimum atomic E-state index is 0.165. The summed E-state index contributed by atoms with van der Waals surface area (Å²) < 4.78 is 2.67. The van der Waals surface area contributed by atoms with Gasteiger partial charge in [-0.3, -0.25) is 0 Å². The van der Waals surface area contributed by atoms with Crippen molar-refractivity contribution >= 4 is 0 Å². The number of hydrogen-bond acceptors (Lipinski definition) is 2. The Balaban J connectivity index is 3.33. The molecule has 1 rings (SSSR count). The lowest BCUT2D eigenvalue weighted by Gasteiger charge is -2.34. The Morgan fingerprint density at radius 1 is 0.750 bits per heavy atom. The number of hydrogen-bond donors (Lipinski definition) is 0. The molecule has 0 saturated heterocycles. The van der Waals surface area contributed by atoms with Crippen molar-refractivity contribution in [2.75, 3.05) is 41.3 Å². The van der Waals surface area contributed by atoms with E-state index in [9.17, 15) is 0 Å². The molecule has 1 aromatic rings. The maximum Gasteiger partial charge on any atom is 0.0360 e. The Labute approximate surface area is 151 Å². The normalized spacial score (nSPS) is 13.5. The van der Waals surface area contributed by atoms with E-state index in [1.807, 2.05) is 0 Å². The molecular formula is C21H41N3. The molecule has 0 saturated carbocycles. The minimum absolute atomic E-state index is 0.165. The van der Waals surface area contributed by atoms with E-state index in [2.05, 4.69) is 96.2 Å². The topological polar surface area (TPSA) is 11.4 Å². The van der Waals surface area contributed by atoms with Gasteiger partial charge in [-0.05, 0) is 66.3 Å². The molecule has 0 aromatic carbocycles. The van der Waals surface area contributed by atoms with Crippen LogP contribution in [0.4, 0.5) is 0 Å². The number of nitrogens with zero attached hydrogens (tertiary/aromatic N) is 3. The Hall–Kier alpha value is -0.800. The summed E-state index contributed by atoms with van der Waals surface area (Å²) in [5, 5.41) is 0. The summed E-state index contributed by atoms with van der Waals surface area (Å²) in [6.07, 6.45) is 2.39. The highest BCUT2D eigenvalue weighted by Crippen LogP contribution is 2.35. The molecule has 140 valence electrons. The third-order valence-electron chi connectivity index (χ3n) is 4.64. The Kier molecular flexibility index (Phi) is 7.13. The van der Waals surface area contributed by atoms with Gasteiger partial charge in [-0.25, -0.2) is 0 Å². The smallest absolute Gasteiger partial charge is 0.0360 e. The summed E-state index contributed by atoms with van der Waals surface area (Å²) in [7, 11) is 8.70. The maximum atomic E-state index is 2.67. The lowest BCUT2D eigenvalue weighted by Crippen LogP contribution is -2.30. The van der Waals surface area contributed by atoms with Gasteiger partial charge in [0.05, 0.1) is 0 Å². The fourth-order valence-corrected chi connectivity index (χ4v) is 3.28. The highest BCUT2D eigenvalue weighted by molar-refractivity contribution is 5.28. The molecular weight excluding hydrogens is 294 g/mol. The summed E-state index contributed by atoms with van der Waals surface area (Å²) in [6.45, 7) is 16.3. The van der Waals surface area contributed by atoms with Crippen molar-refractivity contribution in [3.05, 3.63) is 23.5 Å². The lowest BCUT2D eigenvalue weighted by molar-refractivity contribution is 0.284. The Morgan fingerprint density at radius 2 is 1.08 bits per heavy atom. The van der Waals surface area contributed by atoms with Gasteiger partial charge in [-0.2, -0.15) is 0 Å². The fraction of sp³-hybridized carbons (Fsp3) is 0.810. The summed E-state index contributed by atoms with van der Waals surface area (Å²) in [6, 6.07) is 5.27. The van der Waals surface area contributed by atoms with Crippen LogP contribution in [0, 0.1) is 0 Å². The monoisotopic (exact) mass is 335 g/mol. The first kappa shape index (κ1) is 21.2. The number of rotatable bonds is 7. The average molecular weight is 336 g/mol. The van der Waals surface area contributed by atoms with Crippen molar-refractivity contribution < 1.29 is 0 Å². The predicted octanol–water partition coefficient (Wildman–Crippen LogP) is 4.53. The minimum Gasteiger partial charge on any atom is -0.344 e. The molecule has 24 heavy (non-hydrogen) atoms. The first-order chi connectivity index (χ1) is 10.8. The fourth-order valence-electron chi connectivity index (χ4n) is 3.28. The molecule has 0 N–H and O–H groups in total. The largest absolute Gasteiger partial charge is 0.344 e. The van der Waals surface area contributed by atoms with E-state index in [1.165, 1.54) is 24.2 Å². The molecule has 0 aliphatic rings. The second-order valence-electron chi connectivity index (χ2n) is 9.81. The van der Waals surface area contributed by atoms with Crippen LogP contribution < -0.4 is 0 Å². The lowest BCUT2D eigenvalue weighted by atomic mass is 9.90. The van der Waals surface area contributed by atoms with E-state index in [0.29, 0.717) is 6.04 Å². The first-order valence-electron chi connectivity index (χ1n) is 9.35. The van der Waals surface area contributed by atoms with Crippen LogP contribution in [0.25, 0.3) is 0 Å². The predicted molar refractivity (Wildman–Crippen MR) is 107 cm³/mol. The van der Waals surface area contributed by atoms with Crippen LogP contribution >= 0.6 is 0 Å². The van der Waals surface area contributed by atoms with Crippen LogP contribution in [0.3, 0.4) is 0 Å². The highest BCUT2D eigenvalue weighted by atomic mass is 15.1. The van der Waals surface area contributed by atoms with Crippen LogP contribution in [0.5, 0.6) is 0 Å². The molecule has 3 heteroatoms. The molecule has 1 heterocycles. The van der Waals surface area contributed by atoms with E-state index in [-0.39, 0.29) is 10.8 Å². The van der Waals surface area contributed by atoms with E-state index < -0.39 is 0 Å². The van der Waals surface area contributed by atoms with Gasteiger partial charge in [0, 0.05) is 28.3 Å². The molecule has 0 bridgehead atoms. The number of aromatic nitrogens is 1. The van der Waals surface area contributed by atoms with Gasteiger partial charge >= 0.3 is 0 Å². The molecule has 0 aliphatic carbocycles. The van der Waals surface area contributed by atoms with Crippen LogP contribution in [-0.4, -0.2) is 55.6 Å². The maximum absolute atomic E-state index is 2.67. The summed E-state index contributed by atoms with van der Waals surface area (Å²) in [4.78, 5) is 4.61. The SMILES string of the molecule is CN(C)CCC(CCN(C)C)n1c(C(C)(C)C)ccc1C(C)(C)C. The van der Waals surface area contributed by atoms with Crippen LogP contribution in [0.1, 0.15) is 71.8 Å². The Morgan fingerprint density at radius 3 is 1.33 bits per heavy atom. The van der Waals surface area contributed by atoms with Crippen molar-refractivity contribution in [1.29, 1.82) is 0 Å². The summed E-state index contributed by atoms with van der Waals surface area (Å²) in [5.74, 6) is 0. The molecule has 0 aliphatic heterocycles. The van der Waals surface area contributed by atoms with Crippen molar-refractivity contribution in [2.24, 2.45) is 0 Å². The molecule has 0 unspecified atom stereocenters. The molecule has 0 radical (unpaired) electrons. The van der Waals surface area contributed by atoms with Gasteiger partial charge in [-0.15, -0.1) is 0 Å².